The summed E-state index contributed by atoms with van der Waals surface area (Å²) in [4.78, 5) is 23.2. The van der Waals surface area contributed by atoms with E-state index in [4.69, 9.17) is 5.11 Å². The summed E-state index contributed by atoms with van der Waals surface area (Å²) in [5.74, 6) is -3.13. The highest BCUT2D eigenvalue weighted by atomic mass is 19.4. The average Bonchev–Trinajstić information content (AvgIpc) is 2.47. The van der Waals surface area contributed by atoms with Crippen LogP contribution in [0.4, 0.5) is 13.2 Å². The molecule has 2 atom stereocenters. The highest BCUT2D eigenvalue weighted by Crippen LogP contribution is 2.37. The molecule has 0 saturated heterocycles. The van der Waals surface area contributed by atoms with Crippen molar-refractivity contribution < 1.29 is 27.9 Å². The first-order valence-corrected chi connectivity index (χ1v) is 7.87. The number of carboxylic acids is 1. The third-order valence-electron chi connectivity index (χ3n) is 4.93. The maximum absolute atomic E-state index is 12.6. The number of carbonyl (C=O) groups is 2. The maximum atomic E-state index is 12.6. The van der Waals surface area contributed by atoms with Crippen LogP contribution in [-0.4, -0.2) is 29.2 Å². The van der Waals surface area contributed by atoms with Gasteiger partial charge in [0.1, 0.15) is 0 Å². The number of aliphatic carboxylic acids is 1. The van der Waals surface area contributed by atoms with Crippen LogP contribution in [0.2, 0.25) is 0 Å². The normalized spacial score (nSPS) is 33.2. The number of nitrogens with one attached hydrogen (secondary N) is 1. The third-order valence-corrected chi connectivity index (χ3v) is 4.93. The van der Waals surface area contributed by atoms with Crippen LogP contribution in [0.5, 0.6) is 0 Å². The molecule has 2 aliphatic carbocycles. The Hall–Kier alpha value is -1.27. The van der Waals surface area contributed by atoms with Gasteiger partial charge in [0.2, 0.25) is 5.91 Å². The predicted molar refractivity (Wildman–Crippen MR) is 73.0 cm³/mol. The number of hydrogen-bond acceptors (Lipinski definition) is 2. The number of amides is 1. The van der Waals surface area contributed by atoms with Gasteiger partial charge in [-0.2, -0.15) is 13.2 Å². The summed E-state index contributed by atoms with van der Waals surface area (Å²) in [6, 6.07) is -0.212. The molecule has 4 nitrogen and oxygen atoms in total. The van der Waals surface area contributed by atoms with Crippen molar-refractivity contribution in [1.82, 2.24) is 5.32 Å². The van der Waals surface area contributed by atoms with Crippen LogP contribution < -0.4 is 5.32 Å². The first-order chi connectivity index (χ1) is 10.3. The molecule has 7 heteroatoms. The van der Waals surface area contributed by atoms with E-state index in [0.29, 0.717) is 38.5 Å². The molecule has 0 radical (unpaired) electrons. The predicted octanol–water partition coefficient (Wildman–Crippen LogP) is 3.11. The second-order valence-corrected chi connectivity index (χ2v) is 6.50. The average molecular weight is 321 g/mol. The number of carbonyl (C=O) groups excluding carboxylic acids is 1. The molecule has 2 aliphatic rings. The number of carboxylic acid groups (broad SMARTS) is 1. The van der Waals surface area contributed by atoms with E-state index in [0.717, 1.165) is 0 Å². The minimum atomic E-state index is -4.15. The van der Waals surface area contributed by atoms with Crippen molar-refractivity contribution in [3.05, 3.63) is 0 Å². The highest BCUT2D eigenvalue weighted by Gasteiger charge is 2.42. The monoisotopic (exact) mass is 321 g/mol. The van der Waals surface area contributed by atoms with E-state index in [1.165, 1.54) is 0 Å². The number of rotatable bonds is 3. The molecule has 2 unspecified atom stereocenters. The fourth-order valence-corrected chi connectivity index (χ4v) is 3.54. The van der Waals surface area contributed by atoms with Crippen LogP contribution in [-0.2, 0) is 9.59 Å². The second-order valence-electron chi connectivity index (χ2n) is 6.50. The Labute approximate surface area is 127 Å². The minimum Gasteiger partial charge on any atom is -0.481 e. The molecule has 1 amide bonds. The van der Waals surface area contributed by atoms with Gasteiger partial charge in [0, 0.05) is 12.0 Å². The minimum absolute atomic E-state index is 0.0524. The molecule has 2 saturated carbocycles. The lowest BCUT2D eigenvalue weighted by molar-refractivity contribution is -0.182. The summed E-state index contributed by atoms with van der Waals surface area (Å²) >= 11 is 0. The van der Waals surface area contributed by atoms with E-state index < -0.39 is 24.0 Å². The van der Waals surface area contributed by atoms with Crippen LogP contribution in [0.25, 0.3) is 0 Å². The van der Waals surface area contributed by atoms with E-state index in [2.05, 4.69) is 5.32 Å². The van der Waals surface area contributed by atoms with E-state index in [1.54, 1.807) is 0 Å². The lowest BCUT2D eigenvalue weighted by Crippen LogP contribution is -2.43. The first-order valence-electron chi connectivity index (χ1n) is 7.87. The Morgan fingerprint density at radius 1 is 0.955 bits per heavy atom. The molecule has 0 spiro atoms. The Morgan fingerprint density at radius 2 is 1.55 bits per heavy atom. The van der Waals surface area contributed by atoms with Crippen molar-refractivity contribution in [2.24, 2.45) is 17.8 Å². The van der Waals surface area contributed by atoms with Crippen molar-refractivity contribution in [3.8, 4) is 0 Å². The van der Waals surface area contributed by atoms with E-state index >= 15 is 0 Å². The fraction of sp³-hybridized carbons (Fsp3) is 0.867. The molecule has 0 aromatic rings. The first kappa shape index (κ1) is 17.1. The van der Waals surface area contributed by atoms with Gasteiger partial charge in [-0.25, -0.2) is 0 Å². The molecule has 0 bridgehead atoms. The highest BCUT2D eigenvalue weighted by molar-refractivity contribution is 5.80. The van der Waals surface area contributed by atoms with Gasteiger partial charge in [-0.15, -0.1) is 0 Å². The van der Waals surface area contributed by atoms with E-state index in [1.807, 2.05) is 0 Å². The summed E-state index contributed by atoms with van der Waals surface area (Å²) in [6.07, 6.45) is -1.07. The Kier molecular flexibility index (Phi) is 5.34. The largest absolute Gasteiger partial charge is 0.481 e. The Balaban J connectivity index is 1.79. The van der Waals surface area contributed by atoms with E-state index in [9.17, 15) is 22.8 Å². The molecular weight excluding hydrogens is 299 g/mol. The molecule has 126 valence electrons. The number of alkyl halides is 3. The van der Waals surface area contributed by atoms with Gasteiger partial charge in [0.25, 0.3) is 0 Å². The Bertz CT molecular complexity index is 417. The van der Waals surface area contributed by atoms with Gasteiger partial charge in [-0.3, -0.25) is 9.59 Å². The fourth-order valence-electron chi connectivity index (χ4n) is 3.54. The van der Waals surface area contributed by atoms with Crippen molar-refractivity contribution in [3.63, 3.8) is 0 Å². The van der Waals surface area contributed by atoms with Gasteiger partial charge in [0.05, 0.1) is 11.8 Å². The molecule has 0 aromatic carbocycles. The van der Waals surface area contributed by atoms with Crippen molar-refractivity contribution >= 4 is 11.9 Å². The molecule has 0 aromatic heterocycles. The van der Waals surface area contributed by atoms with Crippen LogP contribution in [0.3, 0.4) is 0 Å². The van der Waals surface area contributed by atoms with Gasteiger partial charge in [0.15, 0.2) is 0 Å². The zero-order valence-electron chi connectivity index (χ0n) is 12.4. The molecular formula is C15H22F3NO3. The second kappa shape index (κ2) is 6.87. The summed E-state index contributed by atoms with van der Waals surface area (Å²) in [6.45, 7) is 0. The van der Waals surface area contributed by atoms with Crippen molar-refractivity contribution in [2.45, 2.75) is 63.6 Å². The van der Waals surface area contributed by atoms with Gasteiger partial charge in [-0.1, -0.05) is 6.42 Å². The zero-order valence-corrected chi connectivity index (χ0v) is 12.4. The molecule has 2 N–H and O–H groups in total. The van der Waals surface area contributed by atoms with Crippen LogP contribution in [0.1, 0.15) is 51.4 Å². The van der Waals surface area contributed by atoms with Crippen LogP contribution >= 0.6 is 0 Å². The molecule has 2 fully saturated rings. The molecule has 22 heavy (non-hydrogen) atoms. The smallest absolute Gasteiger partial charge is 0.391 e. The lowest BCUT2D eigenvalue weighted by atomic mass is 9.80. The van der Waals surface area contributed by atoms with Crippen LogP contribution in [0, 0.1) is 17.8 Å². The van der Waals surface area contributed by atoms with Gasteiger partial charge >= 0.3 is 12.1 Å². The van der Waals surface area contributed by atoms with Gasteiger partial charge in [-0.05, 0) is 44.9 Å². The maximum Gasteiger partial charge on any atom is 0.391 e. The van der Waals surface area contributed by atoms with Crippen molar-refractivity contribution in [2.75, 3.05) is 0 Å². The molecule has 0 heterocycles. The third kappa shape index (κ3) is 4.36. The van der Waals surface area contributed by atoms with Gasteiger partial charge < -0.3 is 10.4 Å². The summed E-state index contributed by atoms with van der Waals surface area (Å²) in [5.41, 5.74) is 0. The summed E-state index contributed by atoms with van der Waals surface area (Å²) in [5, 5.41) is 11.8. The van der Waals surface area contributed by atoms with Crippen molar-refractivity contribution in [1.29, 1.82) is 0 Å². The molecule has 2 rings (SSSR count). The van der Waals surface area contributed by atoms with Crippen LogP contribution in [0.15, 0.2) is 0 Å². The molecule has 0 aliphatic heterocycles. The number of halogens is 3. The SMILES string of the molecule is O=C(O)C1CCCC(C(=O)NC2CCC(C(F)(F)F)CC2)C1. The standard InChI is InChI=1S/C15H22F3NO3/c16-15(17,18)11-4-6-12(7-5-11)19-13(20)9-2-1-3-10(8-9)14(21)22/h9-12H,1-8H2,(H,19,20)(H,21,22). The topological polar surface area (TPSA) is 66.4 Å². The lowest BCUT2D eigenvalue weighted by Gasteiger charge is -2.32. The van der Waals surface area contributed by atoms with E-state index in [-0.39, 0.29) is 30.7 Å². The Morgan fingerprint density at radius 3 is 2.09 bits per heavy atom. The quantitative estimate of drug-likeness (QED) is 0.839. The number of hydrogen-bond donors (Lipinski definition) is 2. The summed E-state index contributed by atoms with van der Waals surface area (Å²) in [7, 11) is 0. The summed E-state index contributed by atoms with van der Waals surface area (Å²) < 4.78 is 37.8. The zero-order chi connectivity index (χ0) is 16.3.